The molecule has 4 heteroatoms. The number of hydrogen-bond donors (Lipinski definition) is 1. The second-order valence-corrected chi connectivity index (χ2v) is 4.39. The lowest BCUT2D eigenvalue weighted by atomic mass is 10.1. The fourth-order valence-electron chi connectivity index (χ4n) is 2.02. The van der Waals surface area contributed by atoms with Crippen molar-refractivity contribution >= 4 is 17.7 Å². The molecule has 0 spiro atoms. The van der Waals surface area contributed by atoms with Crippen LogP contribution in [0.2, 0.25) is 0 Å². The lowest BCUT2D eigenvalue weighted by Gasteiger charge is -2.32. The third-order valence-electron chi connectivity index (χ3n) is 2.92. The Morgan fingerprint density at radius 1 is 1.44 bits per heavy atom. The lowest BCUT2D eigenvalue weighted by Crippen LogP contribution is -2.41. The third kappa shape index (κ3) is 3.34. The van der Waals surface area contributed by atoms with E-state index in [9.17, 15) is 4.79 Å². The fourth-order valence-corrected chi connectivity index (χ4v) is 2.02. The Kier molecular flexibility index (Phi) is 3.99. The first-order valence-electron chi connectivity index (χ1n) is 6.03. The van der Waals surface area contributed by atoms with Crippen LogP contribution in [-0.2, 0) is 9.53 Å². The Bertz CT molecular complexity index is 439. The smallest absolute Gasteiger partial charge is 0.328 e. The normalized spacial score (nSPS) is 20.3. The largest absolute Gasteiger partial charge is 0.478 e. The molecule has 2 rings (SSSR count). The zero-order valence-electron chi connectivity index (χ0n) is 10.4. The highest BCUT2D eigenvalue weighted by Gasteiger charge is 2.16. The predicted molar refractivity (Wildman–Crippen MR) is 70.7 cm³/mol. The van der Waals surface area contributed by atoms with Crippen LogP contribution in [0.5, 0.6) is 0 Å². The maximum absolute atomic E-state index is 10.4. The van der Waals surface area contributed by atoms with Crippen molar-refractivity contribution < 1.29 is 14.6 Å². The van der Waals surface area contributed by atoms with Crippen molar-refractivity contribution in [3.63, 3.8) is 0 Å². The van der Waals surface area contributed by atoms with Crippen LogP contribution in [0, 0.1) is 0 Å². The molecular formula is C14H17NO3. The van der Waals surface area contributed by atoms with Gasteiger partial charge >= 0.3 is 5.97 Å². The van der Waals surface area contributed by atoms with E-state index >= 15 is 0 Å². The molecule has 0 bridgehead atoms. The fraction of sp³-hybridized carbons (Fsp3) is 0.357. The maximum atomic E-state index is 10.4. The van der Waals surface area contributed by atoms with Gasteiger partial charge in [-0.3, -0.25) is 0 Å². The Morgan fingerprint density at radius 2 is 2.17 bits per heavy atom. The molecule has 0 amide bonds. The number of rotatable bonds is 3. The summed E-state index contributed by atoms with van der Waals surface area (Å²) < 4.78 is 5.50. The minimum Gasteiger partial charge on any atom is -0.478 e. The number of nitrogens with zero attached hydrogens (tertiary/aromatic N) is 1. The SMILES string of the molecule is CC1CN(c2ccc(/C=C/C(=O)O)cc2)CCO1. The van der Waals surface area contributed by atoms with E-state index in [0.29, 0.717) is 0 Å². The number of hydrogen-bond acceptors (Lipinski definition) is 3. The van der Waals surface area contributed by atoms with Crippen LogP contribution in [0.25, 0.3) is 6.08 Å². The Hall–Kier alpha value is -1.81. The summed E-state index contributed by atoms with van der Waals surface area (Å²) >= 11 is 0. The molecule has 4 nitrogen and oxygen atoms in total. The summed E-state index contributed by atoms with van der Waals surface area (Å²) in [5.74, 6) is -0.930. The molecule has 1 aliphatic heterocycles. The van der Waals surface area contributed by atoms with Gasteiger partial charge in [0.05, 0.1) is 12.7 Å². The van der Waals surface area contributed by atoms with Gasteiger partial charge < -0.3 is 14.7 Å². The summed E-state index contributed by atoms with van der Waals surface area (Å²) in [4.78, 5) is 12.7. The van der Waals surface area contributed by atoms with Crippen molar-refractivity contribution in [1.29, 1.82) is 0 Å². The van der Waals surface area contributed by atoms with Crippen molar-refractivity contribution in [3.8, 4) is 0 Å². The number of carboxylic acid groups (broad SMARTS) is 1. The van der Waals surface area contributed by atoms with Crippen LogP contribution in [0.1, 0.15) is 12.5 Å². The van der Waals surface area contributed by atoms with Crippen molar-refractivity contribution in [3.05, 3.63) is 35.9 Å². The van der Waals surface area contributed by atoms with Gasteiger partial charge in [-0.25, -0.2) is 4.79 Å². The zero-order chi connectivity index (χ0) is 13.0. The van der Waals surface area contributed by atoms with Crippen molar-refractivity contribution in [2.24, 2.45) is 0 Å². The second kappa shape index (κ2) is 5.69. The first-order valence-corrected chi connectivity index (χ1v) is 6.03. The average Bonchev–Trinajstić information content (AvgIpc) is 2.37. The molecule has 1 fully saturated rings. The van der Waals surface area contributed by atoms with E-state index in [1.165, 1.54) is 0 Å². The van der Waals surface area contributed by atoms with Crippen LogP contribution in [0.3, 0.4) is 0 Å². The van der Waals surface area contributed by atoms with Crippen LogP contribution in [-0.4, -0.2) is 36.9 Å². The topological polar surface area (TPSA) is 49.8 Å². The van der Waals surface area contributed by atoms with Gasteiger partial charge in [-0.15, -0.1) is 0 Å². The van der Waals surface area contributed by atoms with Crippen molar-refractivity contribution in [2.75, 3.05) is 24.6 Å². The van der Waals surface area contributed by atoms with Gasteiger partial charge in [0.15, 0.2) is 0 Å². The third-order valence-corrected chi connectivity index (χ3v) is 2.92. The Labute approximate surface area is 106 Å². The molecule has 0 aromatic heterocycles. The first-order chi connectivity index (χ1) is 8.65. The van der Waals surface area contributed by atoms with Crippen LogP contribution in [0.4, 0.5) is 5.69 Å². The van der Waals surface area contributed by atoms with Gasteiger partial charge in [0.2, 0.25) is 0 Å². The molecule has 1 aromatic carbocycles. The number of aliphatic carboxylic acids is 1. The van der Waals surface area contributed by atoms with E-state index < -0.39 is 5.97 Å². The minimum atomic E-state index is -0.930. The molecule has 96 valence electrons. The van der Waals surface area contributed by atoms with Crippen LogP contribution in [0.15, 0.2) is 30.3 Å². The number of morpholine rings is 1. The number of carboxylic acids is 1. The van der Waals surface area contributed by atoms with Gasteiger partial charge in [0.1, 0.15) is 0 Å². The summed E-state index contributed by atoms with van der Waals surface area (Å²) in [6.45, 7) is 4.61. The molecule has 1 saturated heterocycles. The van der Waals surface area contributed by atoms with Crippen molar-refractivity contribution in [2.45, 2.75) is 13.0 Å². The minimum absolute atomic E-state index is 0.255. The molecule has 1 N–H and O–H groups in total. The molecule has 0 saturated carbocycles. The highest BCUT2D eigenvalue weighted by Crippen LogP contribution is 2.18. The highest BCUT2D eigenvalue weighted by molar-refractivity contribution is 5.85. The number of carbonyl (C=O) groups is 1. The predicted octanol–water partition coefficient (Wildman–Crippen LogP) is 2.01. The van der Waals surface area contributed by atoms with Gasteiger partial charge in [-0.2, -0.15) is 0 Å². The summed E-state index contributed by atoms with van der Waals surface area (Å²) in [5, 5.41) is 8.55. The van der Waals surface area contributed by atoms with E-state index in [1.807, 2.05) is 24.3 Å². The zero-order valence-corrected chi connectivity index (χ0v) is 10.4. The lowest BCUT2D eigenvalue weighted by molar-refractivity contribution is -0.131. The second-order valence-electron chi connectivity index (χ2n) is 4.39. The molecule has 0 aliphatic carbocycles. The molecular weight excluding hydrogens is 230 g/mol. The molecule has 1 atom stereocenters. The highest BCUT2D eigenvalue weighted by atomic mass is 16.5. The van der Waals surface area contributed by atoms with Crippen molar-refractivity contribution in [1.82, 2.24) is 0 Å². The summed E-state index contributed by atoms with van der Waals surface area (Å²) in [7, 11) is 0. The first kappa shape index (κ1) is 12.6. The maximum Gasteiger partial charge on any atom is 0.328 e. The Balaban J connectivity index is 2.05. The van der Waals surface area contributed by atoms with Crippen LogP contribution < -0.4 is 4.90 Å². The quantitative estimate of drug-likeness (QED) is 0.830. The number of benzene rings is 1. The van der Waals surface area contributed by atoms with E-state index in [2.05, 4.69) is 11.8 Å². The van der Waals surface area contributed by atoms with E-state index in [0.717, 1.165) is 37.0 Å². The standard InChI is InChI=1S/C14H17NO3/c1-11-10-15(8-9-18-11)13-5-2-12(3-6-13)4-7-14(16)17/h2-7,11H,8-10H2,1H3,(H,16,17)/b7-4+. The number of ether oxygens (including phenoxy) is 1. The molecule has 1 heterocycles. The van der Waals surface area contributed by atoms with E-state index in [1.54, 1.807) is 6.08 Å². The summed E-state index contributed by atoms with van der Waals surface area (Å²) in [5.41, 5.74) is 2.04. The monoisotopic (exact) mass is 247 g/mol. The molecule has 1 aliphatic rings. The molecule has 0 radical (unpaired) electrons. The van der Waals surface area contributed by atoms with Crippen LogP contribution >= 0.6 is 0 Å². The molecule has 18 heavy (non-hydrogen) atoms. The number of anilines is 1. The van der Waals surface area contributed by atoms with E-state index in [4.69, 9.17) is 9.84 Å². The summed E-state index contributed by atoms with van der Waals surface area (Å²) in [6, 6.07) is 7.88. The molecule has 1 aromatic rings. The van der Waals surface area contributed by atoms with Gasteiger partial charge in [-0.05, 0) is 30.7 Å². The van der Waals surface area contributed by atoms with E-state index in [-0.39, 0.29) is 6.10 Å². The summed E-state index contributed by atoms with van der Waals surface area (Å²) in [6.07, 6.45) is 2.99. The molecule has 1 unspecified atom stereocenters. The Morgan fingerprint density at radius 3 is 2.78 bits per heavy atom. The van der Waals surface area contributed by atoms with Gasteiger partial charge in [0.25, 0.3) is 0 Å². The van der Waals surface area contributed by atoms with Gasteiger partial charge in [0, 0.05) is 24.9 Å². The van der Waals surface area contributed by atoms with Gasteiger partial charge in [-0.1, -0.05) is 12.1 Å². The average molecular weight is 247 g/mol.